The Morgan fingerprint density at radius 3 is 2.64 bits per heavy atom. The lowest BCUT2D eigenvalue weighted by molar-refractivity contribution is -0.123. The van der Waals surface area contributed by atoms with E-state index >= 15 is 0 Å². The van der Waals surface area contributed by atoms with Gasteiger partial charge in [0.25, 0.3) is 0 Å². The van der Waals surface area contributed by atoms with E-state index in [1.807, 2.05) is 13.8 Å². The Labute approximate surface area is 87.6 Å². The third-order valence-corrected chi connectivity index (χ3v) is 2.09. The van der Waals surface area contributed by atoms with Crippen LogP contribution < -0.4 is 10.6 Å². The number of piperidine rings is 1. The van der Waals surface area contributed by atoms with E-state index in [0.717, 1.165) is 19.4 Å². The minimum absolute atomic E-state index is 0.205. The number of amides is 1. The molecule has 1 aliphatic rings. The summed E-state index contributed by atoms with van der Waals surface area (Å²) in [5.41, 5.74) is 0. The Hall–Kier alpha value is -0.570. The van der Waals surface area contributed by atoms with Gasteiger partial charge in [-0.1, -0.05) is 27.7 Å². The number of carbonyl (C=O) groups excluding carboxylic acids is 1. The van der Waals surface area contributed by atoms with Gasteiger partial charge in [0.15, 0.2) is 0 Å². The monoisotopic (exact) mass is 200 g/mol. The van der Waals surface area contributed by atoms with E-state index in [9.17, 15) is 4.79 Å². The molecule has 84 valence electrons. The molecule has 1 atom stereocenters. The van der Waals surface area contributed by atoms with Gasteiger partial charge in [-0.25, -0.2) is 0 Å². The Kier molecular flexibility index (Phi) is 7.48. The van der Waals surface area contributed by atoms with Crippen molar-refractivity contribution in [2.24, 2.45) is 0 Å². The van der Waals surface area contributed by atoms with Gasteiger partial charge < -0.3 is 10.6 Å². The minimum atomic E-state index is 0.205. The minimum Gasteiger partial charge on any atom is -0.352 e. The van der Waals surface area contributed by atoms with Crippen molar-refractivity contribution in [2.45, 2.75) is 59.0 Å². The summed E-state index contributed by atoms with van der Waals surface area (Å²) in [6, 6.07) is 0.859. The highest BCUT2D eigenvalue weighted by Crippen LogP contribution is 2.07. The summed E-state index contributed by atoms with van der Waals surface area (Å²) in [5, 5.41) is 6.29. The SMILES string of the molecule is CC.CC(C)NCC1CCCC(=O)N1. The predicted octanol–water partition coefficient (Wildman–Crippen LogP) is 1.68. The molecule has 1 saturated heterocycles. The van der Waals surface area contributed by atoms with Gasteiger partial charge >= 0.3 is 0 Å². The molecule has 1 unspecified atom stereocenters. The molecule has 0 radical (unpaired) electrons. The van der Waals surface area contributed by atoms with Crippen molar-refractivity contribution >= 4 is 5.91 Å². The van der Waals surface area contributed by atoms with Crippen LogP contribution >= 0.6 is 0 Å². The molecular weight excluding hydrogens is 176 g/mol. The largest absolute Gasteiger partial charge is 0.352 e. The first-order valence-corrected chi connectivity index (χ1v) is 5.71. The van der Waals surface area contributed by atoms with E-state index in [-0.39, 0.29) is 5.91 Å². The highest BCUT2D eigenvalue weighted by Gasteiger charge is 2.17. The summed E-state index contributed by atoms with van der Waals surface area (Å²) in [6.07, 6.45) is 2.86. The Morgan fingerprint density at radius 1 is 1.50 bits per heavy atom. The number of carbonyl (C=O) groups is 1. The summed E-state index contributed by atoms with van der Waals surface area (Å²) < 4.78 is 0. The first-order valence-electron chi connectivity index (χ1n) is 5.71. The van der Waals surface area contributed by atoms with Gasteiger partial charge in [-0.05, 0) is 12.8 Å². The van der Waals surface area contributed by atoms with Crippen LogP contribution in [0.3, 0.4) is 0 Å². The van der Waals surface area contributed by atoms with E-state index in [1.165, 1.54) is 0 Å². The van der Waals surface area contributed by atoms with Gasteiger partial charge in [-0.3, -0.25) is 4.79 Å². The van der Waals surface area contributed by atoms with Crippen molar-refractivity contribution in [3.63, 3.8) is 0 Å². The Bertz CT molecular complexity index is 157. The van der Waals surface area contributed by atoms with Gasteiger partial charge in [-0.15, -0.1) is 0 Å². The molecule has 2 N–H and O–H groups in total. The Balaban J connectivity index is 0.000000791. The van der Waals surface area contributed by atoms with E-state index in [2.05, 4.69) is 24.5 Å². The van der Waals surface area contributed by atoms with Crippen molar-refractivity contribution < 1.29 is 4.79 Å². The lowest BCUT2D eigenvalue weighted by Crippen LogP contribution is -2.46. The van der Waals surface area contributed by atoms with Crippen LogP contribution in [0.1, 0.15) is 47.0 Å². The summed E-state index contributed by atoms with van der Waals surface area (Å²) >= 11 is 0. The second kappa shape index (κ2) is 7.80. The molecule has 1 fully saturated rings. The molecule has 1 amide bonds. The van der Waals surface area contributed by atoms with Gasteiger partial charge in [0.1, 0.15) is 0 Å². The quantitative estimate of drug-likeness (QED) is 0.727. The first-order chi connectivity index (χ1) is 6.68. The van der Waals surface area contributed by atoms with Gasteiger partial charge in [0.05, 0.1) is 0 Å². The third kappa shape index (κ3) is 5.97. The maximum Gasteiger partial charge on any atom is 0.220 e. The van der Waals surface area contributed by atoms with Crippen molar-refractivity contribution in [1.29, 1.82) is 0 Å². The number of hydrogen-bond acceptors (Lipinski definition) is 2. The molecule has 0 aliphatic carbocycles. The molecule has 1 aliphatic heterocycles. The fraction of sp³-hybridized carbons (Fsp3) is 0.909. The average Bonchev–Trinajstić information content (AvgIpc) is 2.18. The molecule has 1 heterocycles. The van der Waals surface area contributed by atoms with E-state index < -0.39 is 0 Å². The van der Waals surface area contributed by atoms with Crippen LogP contribution in [0.5, 0.6) is 0 Å². The lowest BCUT2D eigenvalue weighted by Gasteiger charge is -2.24. The summed E-state index contributed by atoms with van der Waals surface area (Å²) in [6.45, 7) is 9.14. The number of hydrogen-bond donors (Lipinski definition) is 2. The molecule has 3 nitrogen and oxygen atoms in total. The number of rotatable bonds is 3. The fourth-order valence-electron chi connectivity index (χ4n) is 1.41. The van der Waals surface area contributed by atoms with Crippen LogP contribution in [0, 0.1) is 0 Å². The second-order valence-electron chi connectivity index (χ2n) is 3.72. The molecule has 14 heavy (non-hydrogen) atoms. The Morgan fingerprint density at radius 2 is 2.14 bits per heavy atom. The molecule has 0 aromatic heterocycles. The van der Waals surface area contributed by atoms with Crippen LogP contribution in [-0.4, -0.2) is 24.5 Å². The zero-order valence-electron chi connectivity index (χ0n) is 9.89. The van der Waals surface area contributed by atoms with Crippen LogP contribution in [0.15, 0.2) is 0 Å². The van der Waals surface area contributed by atoms with Crippen molar-refractivity contribution in [2.75, 3.05) is 6.54 Å². The molecule has 0 saturated carbocycles. The predicted molar refractivity (Wildman–Crippen MR) is 60.3 cm³/mol. The normalized spacial score (nSPS) is 21.2. The van der Waals surface area contributed by atoms with Crippen LogP contribution in [-0.2, 0) is 4.79 Å². The summed E-state index contributed by atoms with van der Waals surface area (Å²) in [7, 11) is 0. The summed E-state index contributed by atoms with van der Waals surface area (Å²) in [5.74, 6) is 0.205. The average molecular weight is 200 g/mol. The highest BCUT2D eigenvalue weighted by atomic mass is 16.1. The van der Waals surface area contributed by atoms with E-state index in [1.54, 1.807) is 0 Å². The van der Waals surface area contributed by atoms with Crippen molar-refractivity contribution in [3.8, 4) is 0 Å². The third-order valence-electron chi connectivity index (χ3n) is 2.09. The van der Waals surface area contributed by atoms with Gasteiger partial charge in [0, 0.05) is 25.0 Å². The van der Waals surface area contributed by atoms with Crippen molar-refractivity contribution in [3.05, 3.63) is 0 Å². The van der Waals surface area contributed by atoms with E-state index in [0.29, 0.717) is 18.5 Å². The zero-order chi connectivity index (χ0) is 11.0. The standard InChI is InChI=1S/C9H18N2O.C2H6/c1-7(2)10-6-8-4-3-5-9(12)11-8;1-2/h7-8,10H,3-6H2,1-2H3,(H,11,12);1-2H3. The van der Waals surface area contributed by atoms with Crippen LogP contribution in [0.4, 0.5) is 0 Å². The van der Waals surface area contributed by atoms with Gasteiger partial charge in [-0.2, -0.15) is 0 Å². The molecule has 3 heteroatoms. The molecule has 0 spiro atoms. The molecular formula is C11H24N2O. The highest BCUT2D eigenvalue weighted by molar-refractivity contribution is 5.76. The molecule has 1 rings (SSSR count). The molecule has 0 aromatic carbocycles. The maximum atomic E-state index is 11.0. The fourth-order valence-corrected chi connectivity index (χ4v) is 1.41. The molecule has 0 bridgehead atoms. The van der Waals surface area contributed by atoms with E-state index in [4.69, 9.17) is 0 Å². The van der Waals surface area contributed by atoms with Crippen LogP contribution in [0.25, 0.3) is 0 Å². The smallest absolute Gasteiger partial charge is 0.220 e. The lowest BCUT2D eigenvalue weighted by atomic mass is 10.0. The second-order valence-corrected chi connectivity index (χ2v) is 3.72. The van der Waals surface area contributed by atoms with Crippen LogP contribution in [0.2, 0.25) is 0 Å². The molecule has 0 aromatic rings. The first kappa shape index (κ1) is 13.4. The van der Waals surface area contributed by atoms with Crippen molar-refractivity contribution in [1.82, 2.24) is 10.6 Å². The van der Waals surface area contributed by atoms with Gasteiger partial charge in [0.2, 0.25) is 5.91 Å². The maximum absolute atomic E-state index is 11.0. The summed E-state index contributed by atoms with van der Waals surface area (Å²) in [4.78, 5) is 11.0. The topological polar surface area (TPSA) is 41.1 Å². The number of nitrogens with one attached hydrogen (secondary N) is 2. The zero-order valence-corrected chi connectivity index (χ0v) is 9.89.